The number of anilines is 1. The van der Waals surface area contributed by atoms with Crippen LogP contribution in [0.25, 0.3) is 0 Å². The SMILES string of the molecule is Cc1cccc(CN(C)c2cccc(CNC(C)C)n2)n1. The quantitative estimate of drug-likeness (QED) is 0.885. The molecule has 0 amide bonds. The smallest absolute Gasteiger partial charge is 0.128 e. The molecule has 2 aromatic heterocycles. The summed E-state index contributed by atoms with van der Waals surface area (Å²) < 4.78 is 0. The van der Waals surface area contributed by atoms with E-state index in [1.807, 2.05) is 38.2 Å². The van der Waals surface area contributed by atoms with Gasteiger partial charge in [-0.25, -0.2) is 4.98 Å². The third kappa shape index (κ3) is 4.83. The van der Waals surface area contributed by atoms with Crippen LogP contribution in [0.2, 0.25) is 0 Å². The lowest BCUT2D eigenvalue weighted by atomic mass is 10.3. The van der Waals surface area contributed by atoms with E-state index < -0.39 is 0 Å². The molecule has 0 bridgehead atoms. The van der Waals surface area contributed by atoms with Crippen LogP contribution in [0.5, 0.6) is 0 Å². The van der Waals surface area contributed by atoms with E-state index in [2.05, 4.69) is 41.2 Å². The second-order valence-electron chi connectivity index (χ2n) is 5.65. The van der Waals surface area contributed by atoms with Crippen LogP contribution in [-0.2, 0) is 13.1 Å². The van der Waals surface area contributed by atoms with Gasteiger partial charge in [-0.15, -0.1) is 0 Å². The Hall–Kier alpha value is -1.94. The molecule has 0 aliphatic carbocycles. The third-order valence-electron chi connectivity index (χ3n) is 3.22. The molecule has 1 N–H and O–H groups in total. The predicted molar refractivity (Wildman–Crippen MR) is 87.3 cm³/mol. The van der Waals surface area contributed by atoms with Gasteiger partial charge in [0, 0.05) is 25.3 Å². The van der Waals surface area contributed by atoms with Crippen LogP contribution >= 0.6 is 0 Å². The largest absolute Gasteiger partial charge is 0.354 e. The molecule has 0 spiro atoms. The van der Waals surface area contributed by atoms with E-state index in [0.29, 0.717) is 6.04 Å². The Morgan fingerprint density at radius 3 is 2.48 bits per heavy atom. The highest BCUT2D eigenvalue weighted by Gasteiger charge is 2.06. The van der Waals surface area contributed by atoms with Crippen LogP contribution in [0.1, 0.15) is 30.9 Å². The number of hydrogen-bond acceptors (Lipinski definition) is 4. The van der Waals surface area contributed by atoms with Gasteiger partial charge in [-0.3, -0.25) is 4.98 Å². The summed E-state index contributed by atoms with van der Waals surface area (Å²) in [7, 11) is 2.05. The third-order valence-corrected chi connectivity index (χ3v) is 3.22. The van der Waals surface area contributed by atoms with Crippen molar-refractivity contribution in [2.24, 2.45) is 0 Å². The van der Waals surface area contributed by atoms with E-state index in [1.54, 1.807) is 0 Å². The predicted octanol–water partition coefficient (Wildman–Crippen LogP) is 2.92. The molecule has 0 aliphatic rings. The van der Waals surface area contributed by atoms with Crippen LogP contribution in [0.4, 0.5) is 5.82 Å². The number of hydrogen-bond donors (Lipinski definition) is 1. The zero-order valence-corrected chi connectivity index (χ0v) is 13.3. The number of nitrogens with one attached hydrogen (secondary N) is 1. The van der Waals surface area contributed by atoms with Crippen molar-refractivity contribution in [1.29, 1.82) is 0 Å². The van der Waals surface area contributed by atoms with Crippen molar-refractivity contribution in [2.75, 3.05) is 11.9 Å². The van der Waals surface area contributed by atoms with Gasteiger partial charge in [0.1, 0.15) is 5.82 Å². The average Bonchev–Trinajstić information content (AvgIpc) is 2.45. The molecule has 112 valence electrons. The zero-order valence-electron chi connectivity index (χ0n) is 13.3. The molecule has 0 aromatic carbocycles. The van der Waals surface area contributed by atoms with Gasteiger partial charge in [-0.05, 0) is 31.2 Å². The number of aromatic nitrogens is 2. The normalized spacial score (nSPS) is 10.9. The van der Waals surface area contributed by atoms with Crippen molar-refractivity contribution in [2.45, 2.75) is 39.9 Å². The maximum Gasteiger partial charge on any atom is 0.128 e. The fourth-order valence-electron chi connectivity index (χ4n) is 2.10. The highest BCUT2D eigenvalue weighted by molar-refractivity contribution is 5.38. The Morgan fingerprint density at radius 2 is 1.76 bits per heavy atom. The summed E-state index contributed by atoms with van der Waals surface area (Å²) in [6, 6.07) is 12.7. The van der Waals surface area contributed by atoms with Gasteiger partial charge >= 0.3 is 0 Å². The topological polar surface area (TPSA) is 41.0 Å². The Morgan fingerprint density at radius 1 is 1.05 bits per heavy atom. The number of rotatable bonds is 6. The fourth-order valence-corrected chi connectivity index (χ4v) is 2.10. The lowest BCUT2D eigenvalue weighted by Crippen LogP contribution is -2.23. The summed E-state index contributed by atoms with van der Waals surface area (Å²) in [5.74, 6) is 0.973. The molecule has 2 aromatic rings. The van der Waals surface area contributed by atoms with Gasteiger partial charge in [0.25, 0.3) is 0 Å². The second-order valence-corrected chi connectivity index (χ2v) is 5.65. The Labute approximate surface area is 127 Å². The van der Waals surface area contributed by atoms with Crippen molar-refractivity contribution in [1.82, 2.24) is 15.3 Å². The highest BCUT2D eigenvalue weighted by Crippen LogP contribution is 2.13. The first-order valence-corrected chi connectivity index (χ1v) is 7.37. The molecule has 0 unspecified atom stereocenters. The van der Waals surface area contributed by atoms with Crippen LogP contribution in [-0.4, -0.2) is 23.1 Å². The summed E-state index contributed by atoms with van der Waals surface area (Å²) in [5.41, 5.74) is 3.17. The molecule has 0 saturated carbocycles. The van der Waals surface area contributed by atoms with E-state index in [9.17, 15) is 0 Å². The standard InChI is InChI=1S/C17H24N4/c1-13(2)18-11-15-8-6-10-17(20-15)21(4)12-16-9-5-7-14(3)19-16/h5-10,13,18H,11-12H2,1-4H3. The van der Waals surface area contributed by atoms with Crippen molar-refractivity contribution in [3.63, 3.8) is 0 Å². The Balaban J connectivity index is 2.05. The van der Waals surface area contributed by atoms with E-state index in [0.717, 1.165) is 36.0 Å². The maximum atomic E-state index is 4.70. The molecular formula is C17H24N4. The summed E-state index contributed by atoms with van der Waals surface area (Å²) in [6.45, 7) is 7.84. The van der Waals surface area contributed by atoms with Crippen LogP contribution in [0, 0.1) is 6.92 Å². The van der Waals surface area contributed by atoms with E-state index in [-0.39, 0.29) is 0 Å². The highest BCUT2D eigenvalue weighted by atomic mass is 15.2. The molecule has 0 radical (unpaired) electrons. The lowest BCUT2D eigenvalue weighted by Gasteiger charge is -2.19. The number of aryl methyl sites for hydroxylation is 1. The molecular weight excluding hydrogens is 260 g/mol. The minimum atomic E-state index is 0.463. The zero-order chi connectivity index (χ0) is 15.2. The summed E-state index contributed by atoms with van der Waals surface area (Å²) in [6.07, 6.45) is 0. The van der Waals surface area contributed by atoms with Gasteiger partial charge in [0.05, 0.1) is 17.9 Å². The molecule has 2 heterocycles. The van der Waals surface area contributed by atoms with E-state index in [1.165, 1.54) is 0 Å². The monoisotopic (exact) mass is 284 g/mol. The summed E-state index contributed by atoms with van der Waals surface area (Å²) >= 11 is 0. The van der Waals surface area contributed by atoms with Gasteiger partial charge in [-0.1, -0.05) is 26.0 Å². The lowest BCUT2D eigenvalue weighted by molar-refractivity contribution is 0.581. The van der Waals surface area contributed by atoms with Crippen molar-refractivity contribution < 1.29 is 0 Å². The van der Waals surface area contributed by atoms with Gasteiger partial charge in [0.2, 0.25) is 0 Å². The minimum absolute atomic E-state index is 0.463. The van der Waals surface area contributed by atoms with E-state index >= 15 is 0 Å². The molecule has 4 nitrogen and oxygen atoms in total. The summed E-state index contributed by atoms with van der Waals surface area (Å²) in [5, 5.41) is 3.39. The molecule has 4 heteroatoms. The average molecular weight is 284 g/mol. The van der Waals surface area contributed by atoms with E-state index in [4.69, 9.17) is 4.98 Å². The van der Waals surface area contributed by atoms with Crippen molar-refractivity contribution >= 4 is 5.82 Å². The number of nitrogens with zero attached hydrogens (tertiary/aromatic N) is 3. The van der Waals surface area contributed by atoms with Gasteiger partial charge in [-0.2, -0.15) is 0 Å². The van der Waals surface area contributed by atoms with Gasteiger partial charge in [0.15, 0.2) is 0 Å². The second kappa shape index (κ2) is 7.18. The number of pyridine rings is 2. The molecule has 0 saturated heterocycles. The first-order valence-electron chi connectivity index (χ1n) is 7.37. The van der Waals surface area contributed by atoms with Crippen LogP contribution in [0.15, 0.2) is 36.4 Å². The Kier molecular flexibility index (Phi) is 5.28. The van der Waals surface area contributed by atoms with Gasteiger partial charge < -0.3 is 10.2 Å². The molecule has 0 aliphatic heterocycles. The van der Waals surface area contributed by atoms with Crippen LogP contribution in [0.3, 0.4) is 0 Å². The first kappa shape index (κ1) is 15.4. The molecule has 0 fully saturated rings. The molecule has 2 rings (SSSR count). The summed E-state index contributed by atoms with van der Waals surface area (Å²) in [4.78, 5) is 11.4. The first-order chi connectivity index (χ1) is 10.0. The van der Waals surface area contributed by atoms with Crippen LogP contribution < -0.4 is 10.2 Å². The maximum absolute atomic E-state index is 4.70. The molecule has 0 atom stereocenters. The Bertz CT molecular complexity index is 581. The molecule has 21 heavy (non-hydrogen) atoms. The minimum Gasteiger partial charge on any atom is -0.354 e. The fraction of sp³-hybridized carbons (Fsp3) is 0.412. The van der Waals surface area contributed by atoms with Crippen molar-refractivity contribution in [3.05, 3.63) is 53.5 Å². The van der Waals surface area contributed by atoms with Crippen molar-refractivity contribution in [3.8, 4) is 0 Å².